The number of phenols is 2. The van der Waals surface area contributed by atoms with Crippen molar-refractivity contribution in [3.8, 4) is 17.2 Å². The van der Waals surface area contributed by atoms with Gasteiger partial charge in [-0.2, -0.15) is 0 Å². The summed E-state index contributed by atoms with van der Waals surface area (Å²) >= 11 is 0. The van der Waals surface area contributed by atoms with E-state index in [0.717, 1.165) is 6.54 Å². The van der Waals surface area contributed by atoms with Crippen molar-refractivity contribution in [3.05, 3.63) is 58.0 Å². The first-order valence-electron chi connectivity index (χ1n) is 23.4. The van der Waals surface area contributed by atoms with Gasteiger partial charge in [0.25, 0.3) is 11.7 Å². The topological polar surface area (TPSA) is 229 Å². The number of likely N-dealkylation sites (tertiary alicyclic amines) is 1. The number of aromatic hydroxyl groups is 2. The first-order valence-corrected chi connectivity index (χ1v) is 23.4. The SMILES string of the molecule is C/C1=C/C=C/[C@H](C)[C@H](O)[C@@H](C)C(O)[C@@H](C)[C@H](OC(=O)C(C)C(=O)OCCN(C)C)CC/C=C/OC2(C)Oc3c(C)c(O)c4c(O)c(c5c(c4c3C2=O)=NC2(CCN(CC(C)C)CC2)N=5)NC1=O. The lowest BCUT2D eigenvalue weighted by molar-refractivity contribution is -0.168. The van der Waals surface area contributed by atoms with Crippen LogP contribution in [0.4, 0.5) is 5.69 Å². The maximum atomic E-state index is 14.7. The fraction of sp³-hybridized carbons (Fsp3) is 0.600. The molecule has 17 nitrogen and oxygen atoms in total. The van der Waals surface area contributed by atoms with Gasteiger partial charge in [-0.3, -0.25) is 29.2 Å². The summed E-state index contributed by atoms with van der Waals surface area (Å²) in [7, 11) is 3.65. The molecule has 0 aliphatic carbocycles. The van der Waals surface area contributed by atoms with E-state index in [9.17, 15) is 39.6 Å². The predicted molar refractivity (Wildman–Crippen MR) is 250 cm³/mol. The van der Waals surface area contributed by atoms with E-state index in [1.54, 1.807) is 58.9 Å². The molecule has 5 N–H and O–H groups in total. The van der Waals surface area contributed by atoms with Crippen LogP contribution in [0, 0.1) is 36.5 Å². The van der Waals surface area contributed by atoms with E-state index in [4.69, 9.17) is 28.9 Å². The minimum Gasteiger partial charge on any atom is -0.507 e. The number of hydrogen-bond acceptors (Lipinski definition) is 16. The van der Waals surface area contributed by atoms with Crippen LogP contribution in [0.2, 0.25) is 0 Å². The van der Waals surface area contributed by atoms with Gasteiger partial charge in [0.1, 0.15) is 35.3 Å². The summed E-state index contributed by atoms with van der Waals surface area (Å²) in [5.41, 5.74) is -0.621. The average molecular weight is 932 g/mol. The van der Waals surface area contributed by atoms with Crippen molar-refractivity contribution >= 4 is 40.1 Å². The second-order valence-corrected chi connectivity index (χ2v) is 19.6. The first kappa shape index (κ1) is 51.0. The number of nitrogens with one attached hydrogen (secondary N) is 1. The van der Waals surface area contributed by atoms with Crippen molar-refractivity contribution in [1.29, 1.82) is 0 Å². The lowest BCUT2D eigenvalue weighted by Gasteiger charge is -2.36. The number of benzene rings is 2. The fourth-order valence-electron chi connectivity index (χ4n) is 9.18. The Kier molecular flexibility index (Phi) is 15.6. The van der Waals surface area contributed by atoms with E-state index in [2.05, 4.69) is 24.1 Å². The van der Waals surface area contributed by atoms with Gasteiger partial charge in [0.15, 0.2) is 17.3 Å². The van der Waals surface area contributed by atoms with E-state index in [-0.39, 0.29) is 74.8 Å². The molecular formula is C50H69N5O12. The predicted octanol–water partition coefficient (Wildman–Crippen LogP) is 4.60. The second-order valence-electron chi connectivity index (χ2n) is 19.6. The number of phenolic OH excluding ortho intramolecular Hbond substituents is 2. The van der Waals surface area contributed by atoms with Gasteiger partial charge in [-0.1, -0.05) is 52.8 Å². The number of allylic oxidation sites excluding steroid dienone is 3. The third kappa shape index (κ3) is 10.5. The summed E-state index contributed by atoms with van der Waals surface area (Å²) in [5, 5.41) is 50.3. The Morgan fingerprint density at radius 3 is 2.30 bits per heavy atom. The molecule has 8 atom stereocenters. The molecule has 5 aliphatic heterocycles. The molecule has 2 aromatic rings. The number of fused-ring (bicyclic) bond motifs is 13. The van der Waals surface area contributed by atoms with Crippen molar-refractivity contribution in [2.45, 2.75) is 118 Å². The number of carbonyl (C=O) groups is 4. The van der Waals surface area contributed by atoms with E-state index in [1.165, 1.54) is 20.1 Å². The summed E-state index contributed by atoms with van der Waals surface area (Å²) < 4.78 is 23.5. The highest BCUT2D eigenvalue weighted by Crippen LogP contribution is 2.50. The highest BCUT2D eigenvalue weighted by atomic mass is 16.7. The van der Waals surface area contributed by atoms with Gasteiger partial charge in [0.05, 0.1) is 34.8 Å². The van der Waals surface area contributed by atoms with Gasteiger partial charge in [0, 0.05) is 80.2 Å². The minimum absolute atomic E-state index is 0.0316. The second kappa shape index (κ2) is 20.5. The molecule has 366 valence electrons. The molecular weight excluding hydrogens is 863 g/mol. The average Bonchev–Trinajstić information content (AvgIpc) is 3.78. The zero-order valence-electron chi connectivity index (χ0n) is 40.7. The largest absolute Gasteiger partial charge is 0.507 e. The zero-order chi connectivity index (χ0) is 49.3. The molecule has 7 rings (SSSR count). The summed E-state index contributed by atoms with van der Waals surface area (Å²) in [6, 6.07) is 0. The number of ether oxygens (including phenoxy) is 4. The van der Waals surface area contributed by atoms with Gasteiger partial charge in [-0.15, -0.1) is 0 Å². The Balaban J connectivity index is 1.42. The number of aliphatic hydroxyl groups excluding tert-OH is 2. The molecule has 5 aliphatic rings. The first-order chi connectivity index (χ1) is 31.5. The van der Waals surface area contributed by atoms with Crippen molar-refractivity contribution in [2.24, 2.45) is 39.6 Å². The third-order valence-electron chi connectivity index (χ3n) is 13.6. The summed E-state index contributed by atoms with van der Waals surface area (Å²) in [6.45, 7) is 18.2. The number of likely N-dealkylation sites (N-methyl/N-ethyl adjacent to an activating group) is 1. The monoisotopic (exact) mass is 931 g/mol. The zero-order valence-corrected chi connectivity index (χ0v) is 40.7. The van der Waals surface area contributed by atoms with Gasteiger partial charge in [0.2, 0.25) is 0 Å². The lowest BCUT2D eigenvalue weighted by Crippen LogP contribution is -2.43. The molecule has 1 saturated heterocycles. The Morgan fingerprint density at radius 2 is 1.64 bits per heavy atom. The van der Waals surface area contributed by atoms with Crippen molar-refractivity contribution in [2.75, 3.05) is 52.2 Å². The quantitative estimate of drug-likeness (QED) is 0.139. The van der Waals surface area contributed by atoms with Crippen LogP contribution in [0.5, 0.6) is 17.2 Å². The molecule has 1 fully saturated rings. The van der Waals surface area contributed by atoms with Crippen LogP contribution in [0.25, 0.3) is 10.8 Å². The van der Waals surface area contributed by atoms with Crippen LogP contribution in [0.15, 0.2) is 46.1 Å². The molecule has 3 unspecified atom stereocenters. The fourth-order valence-corrected chi connectivity index (χ4v) is 9.18. The highest BCUT2D eigenvalue weighted by molar-refractivity contribution is 6.19. The number of nitrogens with zero attached hydrogens (tertiary/aromatic N) is 4. The molecule has 5 bridgehead atoms. The highest BCUT2D eigenvalue weighted by Gasteiger charge is 2.50. The Labute approximate surface area is 392 Å². The van der Waals surface area contributed by atoms with Crippen molar-refractivity contribution in [3.63, 3.8) is 0 Å². The number of ketones is 1. The van der Waals surface area contributed by atoms with Crippen LogP contribution in [-0.4, -0.2) is 130 Å². The van der Waals surface area contributed by atoms with Crippen LogP contribution in [0.1, 0.15) is 97.0 Å². The number of rotatable bonds is 8. The molecule has 0 aromatic heterocycles. The molecule has 17 heteroatoms. The normalized spacial score (nSPS) is 29.0. The van der Waals surface area contributed by atoms with Crippen molar-refractivity contribution in [1.82, 2.24) is 9.80 Å². The van der Waals surface area contributed by atoms with E-state index >= 15 is 0 Å². The van der Waals surface area contributed by atoms with Crippen LogP contribution >= 0.6 is 0 Å². The van der Waals surface area contributed by atoms with Gasteiger partial charge < -0.3 is 54.5 Å². The summed E-state index contributed by atoms with van der Waals surface area (Å²) in [5.74, 6) is -8.35. The summed E-state index contributed by atoms with van der Waals surface area (Å²) in [6.07, 6.45) is 5.99. The smallest absolute Gasteiger partial charge is 0.320 e. The summed E-state index contributed by atoms with van der Waals surface area (Å²) in [4.78, 5) is 69.4. The standard InChI is InChI=1S/C50H69N5O12/c1-26(2)25-55-20-18-50(19-21-55)52-37-34-35-42(58)31(7)44-36(34)45(60)49(9,67-44)65-23-13-12-17-33(66-48(63)32(8)47(62)64-24-22-54(10)11)29(5)41(57)30(6)40(56)27(3)15-14-16-28(4)46(61)51-39(43(35)59)38(37)53-50/h13-16,23,26-27,29-30,32-33,40-41,56-59H,12,17-22,24-25H2,1-11H3,(H,51,61)/b15-14+,23-13+,28-16-/t27-,29-,30+,32?,33+,40-,41?,49?/m0/s1. The molecule has 67 heavy (non-hydrogen) atoms. The van der Waals surface area contributed by atoms with E-state index < -0.39 is 82.8 Å². The molecule has 2 aromatic carbocycles. The number of amides is 1. The molecule has 0 saturated carbocycles. The Morgan fingerprint density at radius 1 is 0.970 bits per heavy atom. The van der Waals surface area contributed by atoms with Gasteiger partial charge >= 0.3 is 17.7 Å². The number of esters is 2. The maximum absolute atomic E-state index is 14.7. The number of piperidine rings is 1. The van der Waals surface area contributed by atoms with Crippen LogP contribution < -0.4 is 20.8 Å². The number of anilines is 1. The van der Waals surface area contributed by atoms with Crippen molar-refractivity contribution < 1.29 is 58.6 Å². The van der Waals surface area contributed by atoms with Gasteiger partial charge in [-0.25, -0.2) is 0 Å². The third-order valence-corrected chi connectivity index (χ3v) is 13.6. The number of Topliss-reactive ketones (excluding diaryl/α,β-unsaturated/α-hetero) is 1. The van der Waals surface area contributed by atoms with E-state index in [0.29, 0.717) is 38.4 Å². The maximum Gasteiger partial charge on any atom is 0.320 e. The molecule has 5 heterocycles. The molecule has 1 amide bonds. The lowest BCUT2D eigenvalue weighted by atomic mass is 9.81. The molecule has 0 radical (unpaired) electrons. The number of hydrogen-bond donors (Lipinski definition) is 5. The van der Waals surface area contributed by atoms with Gasteiger partial charge in [-0.05, 0) is 59.7 Å². The van der Waals surface area contributed by atoms with Crippen LogP contribution in [0.3, 0.4) is 0 Å². The Bertz CT molecular complexity index is 2470. The number of carbonyl (C=O) groups excluding carboxylic acids is 4. The molecule has 1 spiro atoms. The minimum atomic E-state index is -1.95. The van der Waals surface area contributed by atoms with Crippen LogP contribution in [-0.2, 0) is 28.6 Å². The Hall–Kier alpha value is -5.36. The number of aliphatic hydroxyl groups is 2. The van der Waals surface area contributed by atoms with E-state index in [1.807, 2.05) is 19.0 Å².